The van der Waals surface area contributed by atoms with E-state index >= 15 is 0 Å². The summed E-state index contributed by atoms with van der Waals surface area (Å²) >= 11 is 3.05. The average molecular weight is 356 g/mol. The fourth-order valence-corrected chi connectivity index (χ4v) is 4.69. The smallest absolute Gasteiger partial charge is 0.267 e. The Morgan fingerprint density at radius 1 is 1.25 bits per heavy atom. The van der Waals surface area contributed by atoms with Gasteiger partial charge in [-0.05, 0) is 55.2 Å². The van der Waals surface area contributed by atoms with E-state index in [-0.39, 0.29) is 5.91 Å². The second-order valence-electron chi connectivity index (χ2n) is 5.63. The number of anilines is 1. The molecule has 1 aliphatic rings. The standard InChI is InChI=1S/C18H16N2O2S2/c1-22-13-7-5-11(6-8-13)14-10-23-18(19-14)20-17(21)16-9-12-3-2-4-15(12)24-16/h5-10H,2-4H2,1H3,(H,19,20,21). The molecule has 24 heavy (non-hydrogen) atoms. The van der Waals surface area contributed by atoms with Gasteiger partial charge in [0.25, 0.3) is 5.91 Å². The minimum Gasteiger partial charge on any atom is -0.497 e. The van der Waals surface area contributed by atoms with Gasteiger partial charge in [0, 0.05) is 15.8 Å². The second-order valence-corrected chi connectivity index (χ2v) is 7.63. The molecule has 3 aromatic rings. The lowest BCUT2D eigenvalue weighted by Gasteiger charge is -2.01. The Morgan fingerprint density at radius 2 is 2.08 bits per heavy atom. The predicted octanol–water partition coefficient (Wildman–Crippen LogP) is 4.62. The van der Waals surface area contributed by atoms with Crippen molar-refractivity contribution >= 4 is 33.7 Å². The Bertz CT molecular complexity index is 859. The highest BCUT2D eigenvalue weighted by Crippen LogP contribution is 2.32. The summed E-state index contributed by atoms with van der Waals surface area (Å²) in [6, 6.07) is 9.76. The molecule has 2 heterocycles. The van der Waals surface area contributed by atoms with Crippen LogP contribution in [0.3, 0.4) is 0 Å². The number of carbonyl (C=O) groups excluding carboxylic acids is 1. The Hall–Kier alpha value is -2.18. The van der Waals surface area contributed by atoms with E-state index in [0.29, 0.717) is 5.13 Å². The van der Waals surface area contributed by atoms with E-state index in [4.69, 9.17) is 4.74 Å². The van der Waals surface area contributed by atoms with Gasteiger partial charge in [-0.2, -0.15) is 0 Å². The zero-order valence-corrected chi connectivity index (χ0v) is 14.8. The predicted molar refractivity (Wildman–Crippen MR) is 98.4 cm³/mol. The van der Waals surface area contributed by atoms with Crippen molar-refractivity contribution in [2.45, 2.75) is 19.3 Å². The highest BCUT2D eigenvalue weighted by Gasteiger charge is 2.19. The molecule has 4 nitrogen and oxygen atoms in total. The Balaban J connectivity index is 1.48. The Morgan fingerprint density at radius 3 is 2.83 bits per heavy atom. The van der Waals surface area contributed by atoms with E-state index in [1.165, 1.54) is 28.2 Å². The average Bonchev–Trinajstić information content (AvgIpc) is 3.30. The summed E-state index contributed by atoms with van der Waals surface area (Å²) in [6.07, 6.45) is 3.41. The number of rotatable bonds is 4. The maximum Gasteiger partial charge on any atom is 0.267 e. The summed E-state index contributed by atoms with van der Waals surface area (Å²) in [5, 5.41) is 5.49. The third kappa shape index (κ3) is 2.95. The number of benzene rings is 1. The monoisotopic (exact) mass is 356 g/mol. The zero-order valence-electron chi connectivity index (χ0n) is 13.2. The summed E-state index contributed by atoms with van der Waals surface area (Å²) in [5.41, 5.74) is 3.19. The molecule has 1 aliphatic carbocycles. The number of methoxy groups -OCH3 is 1. The van der Waals surface area contributed by atoms with Crippen molar-refractivity contribution in [2.75, 3.05) is 12.4 Å². The first kappa shape index (κ1) is 15.4. The minimum atomic E-state index is -0.0648. The van der Waals surface area contributed by atoms with Crippen LogP contribution in [0.15, 0.2) is 35.7 Å². The molecule has 0 unspecified atom stereocenters. The maximum absolute atomic E-state index is 12.4. The van der Waals surface area contributed by atoms with E-state index in [1.807, 2.05) is 35.7 Å². The molecule has 0 spiro atoms. The first-order chi connectivity index (χ1) is 11.7. The molecule has 2 aromatic heterocycles. The molecular formula is C18H16N2O2S2. The first-order valence-corrected chi connectivity index (χ1v) is 9.45. The molecule has 1 aromatic carbocycles. The first-order valence-electron chi connectivity index (χ1n) is 7.76. The number of hydrogen-bond donors (Lipinski definition) is 1. The van der Waals surface area contributed by atoms with Crippen molar-refractivity contribution in [3.8, 4) is 17.0 Å². The normalized spacial score (nSPS) is 12.9. The summed E-state index contributed by atoms with van der Waals surface area (Å²) in [5.74, 6) is 0.748. The number of hydrogen-bond acceptors (Lipinski definition) is 5. The van der Waals surface area contributed by atoms with E-state index in [2.05, 4.69) is 10.3 Å². The number of fused-ring (bicyclic) bond motifs is 1. The van der Waals surface area contributed by atoms with Gasteiger partial charge in [0.1, 0.15) is 5.75 Å². The van der Waals surface area contributed by atoms with Gasteiger partial charge in [0.15, 0.2) is 5.13 Å². The summed E-state index contributed by atoms with van der Waals surface area (Å²) in [7, 11) is 1.64. The van der Waals surface area contributed by atoms with Crippen LogP contribution in [0.5, 0.6) is 5.75 Å². The van der Waals surface area contributed by atoms with Crippen LogP contribution in [-0.2, 0) is 12.8 Å². The number of nitrogens with zero attached hydrogens (tertiary/aromatic N) is 1. The Kier molecular flexibility index (Phi) is 4.08. The molecule has 0 aliphatic heterocycles. The van der Waals surface area contributed by atoms with Gasteiger partial charge in [0.2, 0.25) is 0 Å². The highest BCUT2D eigenvalue weighted by molar-refractivity contribution is 7.15. The fraction of sp³-hybridized carbons (Fsp3) is 0.222. The van der Waals surface area contributed by atoms with Gasteiger partial charge < -0.3 is 4.74 Å². The number of thiazole rings is 1. The van der Waals surface area contributed by atoms with E-state index in [1.54, 1.807) is 18.4 Å². The van der Waals surface area contributed by atoms with Crippen LogP contribution in [-0.4, -0.2) is 18.0 Å². The SMILES string of the molecule is COc1ccc(-c2csc(NC(=O)c3cc4c(s3)CCC4)n2)cc1. The quantitative estimate of drug-likeness (QED) is 0.742. The van der Waals surface area contributed by atoms with Crippen molar-refractivity contribution in [3.63, 3.8) is 0 Å². The topological polar surface area (TPSA) is 51.2 Å². The van der Waals surface area contributed by atoms with Crippen LogP contribution in [0.2, 0.25) is 0 Å². The third-order valence-electron chi connectivity index (χ3n) is 4.08. The van der Waals surface area contributed by atoms with Gasteiger partial charge in [-0.15, -0.1) is 22.7 Å². The van der Waals surface area contributed by atoms with Crippen LogP contribution in [0.1, 0.15) is 26.5 Å². The largest absolute Gasteiger partial charge is 0.497 e. The van der Waals surface area contributed by atoms with Crippen LogP contribution in [0.4, 0.5) is 5.13 Å². The molecule has 1 N–H and O–H groups in total. The Labute approximate surface area is 148 Å². The van der Waals surface area contributed by atoms with Crippen LogP contribution >= 0.6 is 22.7 Å². The van der Waals surface area contributed by atoms with Crippen LogP contribution < -0.4 is 10.1 Å². The second kappa shape index (κ2) is 6.37. The molecule has 0 atom stereocenters. The van der Waals surface area contributed by atoms with Crippen LogP contribution in [0, 0.1) is 0 Å². The van der Waals surface area contributed by atoms with Crippen molar-refractivity contribution in [1.29, 1.82) is 0 Å². The maximum atomic E-state index is 12.4. The molecule has 4 rings (SSSR count). The summed E-state index contributed by atoms with van der Waals surface area (Å²) < 4.78 is 5.16. The summed E-state index contributed by atoms with van der Waals surface area (Å²) in [4.78, 5) is 19.1. The van der Waals surface area contributed by atoms with Gasteiger partial charge in [0.05, 0.1) is 17.7 Å². The molecule has 0 saturated heterocycles. The molecule has 0 bridgehead atoms. The van der Waals surface area contributed by atoms with Gasteiger partial charge in [-0.1, -0.05) is 0 Å². The van der Waals surface area contributed by atoms with E-state index < -0.39 is 0 Å². The lowest BCUT2D eigenvalue weighted by atomic mass is 10.2. The summed E-state index contributed by atoms with van der Waals surface area (Å²) in [6.45, 7) is 0. The number of carbonyl (C=O) groups is 1. The molecule has 0 saturated carbocycles. The van der Waals surface area contributed by atoms with Gasteiger partial charge in [-0.3, -0.25) is 10.1 Å². The lowest BCUT2D eigenvalue weighted by Crippen LogP contribution is -2.09. The van der Waals surface area contributed by atoms with Crippen molar-refractivity contribution in [1.82, 2.24) is 4.98 Å². The van der Waals surface area contributed by atoms with E-state index in [9.17, 15) is 4.79 Å². The lowest BCUT2D eigenvalue weighted by molar-refractivity contribution is 0.103. The molecule has 122 valence electrons. The number of amides is 1. The number of aromatic nitrogens is 1. The highest BCUT2D eigenvalue weighted by atomic mass is 32.1. The number of thiophene rings is 1. The van der Waals surface area contributed by atoms with Gasteiger partial charge >= 0.3 is 0 Å². The molecule has 1 amide bonds. The fourth-order valence-electron chi connectivity index (χ4n) is 2.83. The van der Waals surface area contributed by atoms with Gasteiger partial charge in [-0.25, -0.2) is 4.98 Å². The van der Waals surface area contributed by atoms with Crippen LogP contribution in [0.25, 0.3) is 11.3 Å². The molecular weight excluding hydrogens is 340 g/mol. The number of ether oxygens (including phenoxy) is 1. The molecule has 0 radical (unpaired) electrons. The number of nitrogens with one attached hydrogen (secondary N) is 1. The van der Waals surface area contributed by atoms with Crippen molar-refractivity contribution in [2.24, 2.45) is 0 Å². The zero-order chi connectivity index (χ0) is 16.5. The minimum absolute atomic E-state index is 0.0648. The van der Waals surface area contributed by atoms with Crippen molar-refractivity contribution < 1.29 is 9.53 Å². The van der Waals surface area contributed by atoms with E-state index in [0.717, 1.165) is 34.7 Å². The molecule has 0 fully saturated rings. The molecule has 6 heteroatoms. The number of aryl methyl sites for hydroxylation is 2. The third-order valence-corrected chi connectivity index (χ3v) is 6.07. The van der Waals surface area contributed by atoms with Crippen molar-refractivity contribution in [3.05, 3.63) is 51.0 Å².